The molecule has 4 atom stereocenters. The third-order valence-corrected chi connectivity index (χ3v) is 17.7. The van der Waals surface area contributed by atoms with Crippen LogP contribution in [0, 0.1) is 31.6 Å². The van der Waals surface area contributed by atoms with Gasteiger partial charge >= 0.3 is 7.12 Å². The number of rotatable bonds is 14. The fourth-order valence-corrected chi connectivity index (χ4v) is 14.3. The second-order valence-corrected chi connectivity index (χ2v) is 22.0. The van der Waals surface area contributed by atoms with Crippen molar-refractivity contribution in [3.8, 4) is 5.75 Å². The number of hydrogen-bond donors (Lipinski definition) is 5. The van der Waals surface area contributed by atoms with Crippen molar-refractivity contribution < 1.29 is 39.4 Å². The minimum atomic E-state index is -3.13. The molecule has 5 N–H and O–H groups in total. The summed E-state index contributed by atoms with van der Waals surface area (Å²) in [6.45, 7) is 9.83. The Bertz CT molecular complexity index is 2400. The number of allylic oxidation sites excluding steroid dienone is 1. The SMILES string of the molecule is Cc1cc(/C=C(/CC[C@@H](O)C2=C(CO[Si](c3ccccc3)(c3ccccc3)C(C)(C)C)C[C@H]3C(=O)N(c4cccc(B(O)O)c4)C(=O)[C@H]3[C@H]2CO)c2ccccc2)cc(C)c1O. The highest BCUT2D eigenvalue weighted by Crippen LogP contribution is 2.48. The number of benzene rings is 5. The van der Waals surface area contributed by atoms with Gasteiger partial charge in [-0.3, -0.25) is 14.5 Å². The normalized spacial score (nSPS) is 18.9. The summed E-state index contributed by atoms with van der Waals surface area (Å²) in [4.78, 5) is 30.1. The molecule has 11 heteroatoms. The highest BCUT2D eigenvalue weighted by molar-refractivity contribution is 6.99. The summed E-state index contributed by atoms with van der Waals surface area (Å²) in [5.74, 6) is -3.43. The van der Waals surface area contributed by atoms with E-state index in [4.69, 9.17) is 4.43 Å². The fraction of sp³-hybridized carbons (Fsp3) is 0.294. The standard InChI is InChI=1S/C51H56BNO8Si/c1-33-26-35(27-34(2)48(33)56)28-37(36-16-9-6-10-17-36)24-25-45(55)46-38(32-61-62(51(3,4)5,41-20-11-7-12-21-41)42-22-13-8-14-23-42)29-43-47(44(46)31-54)50(58)53(49(43)57)40-19-15-18-39(30-40)52(59)60/h6-23,26-28,30,43-45,47,54-56,59-60H,24-25,29,31-32H2,1-5H3/b37-28-/t43-,44+,45-,47-/m1/s1. The van der Waals surface area contributed by atoms with Crippen LogP contribution in [-0.2, 0) is 14.0 Å². The number of hydrogen-bond acceptors (Lipinski definition) is 8. The molecule has 1 aliphatic heterocycles. The van der Waals surface area contributed by atoms with E-state index >= 15 is 0 Å². The Hall–Kier alpha value is -5.40. The van der Waals surface area contributed by atoms with Gasteiger partial charge in [0, 0.05) is 5.92 Å². The van der Waals surface area contributed by atoms with Gasteiger partial charge in [-0.05, 0) is 117 Å². The maximum absolute atomic E-state index is 14.5. The van der Waals surface area contributed by atoms with Crippen LogP contribution in [0.3, 0.4) is 0 Å². The van der Waals surface area contributed by atoms with Gasteiger partial charge in [-0.15, -0.1) is 0 Å². The van der Waals surface area contributed by atoms with E-state index in [1.54, 1.807) is 12.1 Å². The molecule has 0 saturated carbocycles. The molecule has 1 aliphatic carbocycles. The van der Waals surface area contributed by atoms with Crippen LogP contribution < -0.4 is 20.7 Å². The Morgan fingerprint density at radius 2 is 1.42 bits per heavy atom. The zero-order valence-corrected chi connectivity index (χ0v) is 37.0. The lowest BCUT2D eigenvalue weighted by Gasteiger charge is -2.44. The van der Waals surface area contributed by atoms with Crippen LogP contribution in [0.4, 0.5) is 5.69 Å². The first kappa shape index (κ1) is 44.7. The van der Waals surface area contributed by atoms with E-state index in [-0.39, 0.29) is 41.4 Å². The minimum absolute atomic E-state index is 0.0560. The Morgan fingerprint density at radius 3 is 1.97 bits per heavy atom. The van der Waals surface area contributed by atoms with E-state index in [1.165, 1.54) is 12.1 Å². The summed E-state index contributed by atoms with van der Waals surface area (Å²) in [7, 11) is -4.93. The van der Waals surface area contributed by atoms with E-state index in [0.717, 1.165) is 43.1 Å². The number of phenols is 1. The topological polar surface area (TPSA) is 148 Å². The van der Waals surface area contributed by atoms with Crippen molar-refractivity contribution in [1.82, 2.24) is 0 Å². The number of aromatic hydroxyl groups is 1. The molecule has 320 valence electrons. The number of fused-ring (bicyclic) bond motifs is 1. The lowest BCUT2D eigenvalue weighted by molar-refractivity contribution is -0.123. The van der Waals surface area contributed by atoms with E-state index in [9.17, 15) is 35.0 Å². The number of aryl methyl sites for hydroxylation is 2. The lowest BCUT2D eigenvalue weighted by atomic mass is 9.68. The van der Waals surface area contributed by atoms with Crippen LogP contribution >= 0.6 is 0 Å². The molecule has 1 heterocycles. The summed E-state index contributed by atoms with van der Waals surface area (Å²) >= 11 is 0. The van der Waals surface area contributed by atoms with Gasteiger partial charge in [-0.25, -0.2) is 0 Å². The number of carbonyl (C=O) groups excluding carboxylic acids is 2. The van der Waals surface area contributed by atoms with E-state index in [0.29, 0.717) is 17.6 Å². The van der Waals surface area contributed by atoms with Gasteiger partial charge in [-0.2, -0.15) is 0 Å². The van der Waals surface area contributed by atoms with Crippen molar-refractivity contribution in [3.63, 3.8) is 0 Å². The first-order chi connectivity index (χ1) is 29.7. The average Bonchev–Trinajstić information content (AvgIpc) is 3.52. The Labute approximate surface area is 365 Å². The van der Waals surface area contributed by atoms with Crippen LogP contribution in [0.1, 0.15) is 62.3 Å². The maximum Gasteiger partial charge on any atom is 0.488 e. The lowest BCUT2D eigenvalue weighted by Crippen LogP contribution is -2.66. The summed E-state index contributed by atoms with van der Waals surface area (Å²) in [5, 5.41) is 56.0. The first-order valence-electron chi connectivity index (χ1n) is 21.3. The molecular weight excluding hydrogens is 793 g/mol. The van der Waals surface area contributed by atoms with Crippen LogP contribution in [0.5, 0.6) is 5.75 Å². The first-order valence-corrected chi connectivity index (χ1v) is 23.2. The van der Waals surface area contributed by atoms with Gasteiger partial charge in [0.05, 0.1) is 36.8 Å². The summed E-state index contributed by atoms with van der Waals surface area (Å²) < 4.78 is 7.44. The van der Waals surface area contributed by atoms with Gasteiger partial charge in [-0.1, -0.05) is 130 Å². The molecule has 62 heavy (non-hydrogen) atoms. The zero-order chi connectivity index (χ0) is 44.3. The van der Waals surface area contributed by atoms with Crippen molar-refractivity contribution in [2.75, 3.05) is 18.1 Å². The molecule has 9 nitrogen and oxygen atoms in total. The Balaban J connectivity index is 1.32. The molecule has 2 amide bonds. The highest BCUT2D eigenvalue weighted by Gasteiger charge is 2.56. The zero-order valence-electron chi connectivity index (χ0n) is 36.0. The van der Waals surface area contributed by atoms with Crippen LogP contribution in [-0.4, -0.2) is 71.9 Å². The minimum Gasteiger partial charge on any atom is -0.507 e. The fourth-order valence-electron chi connectivity index (χ4n) is 9.80. The van der Waals surface area contributed by atoms with Crippen molar-refractivity contribution in [2.24, 2.45) is 17.8 Å². The smallest absolute Gasteiger partial charge is 0.488 e. The van der Waals surface area contributed by atoms with Gasteiger partial charge < -0.3 is 29.8 Å². The van der Waals surface area contributed by atoms with Gasteiger partial charge in [0.2, 0.25) is 11.8 Å². The number of anilines is 1. The molecule has 7 rings (SSSR count). The molecule has 0 spiro atoms. The molecular formula is C51H56BNO8Si. The maximum atomic E-state index is 14.5. The average molecular weight is 850 g/mol. The molecule has 0 radical (unpaired) electrons. The number of nitrogens with zero attached hydrogens (tertiary/aromatic N) is 1. The molecule has 0 aromatic heterocycles. The van der Waals surface area contributed by atoms with Crippen molar-refractivity contribution >= 4 is 60.4 Å². The Kier molecular flexibility index (Phi) is 13.3. The number of carbonyl (C=O) groups is 2. The predicted molar refractivity (Wildman–Crippen MR) is 249 cm³/mol. The van der Waals surface area contributed by atoms with Crippen molar-refractivity contribution in [2.45, 2.75) is 65.0 Å². The van der Waals surface area contributed by atoms with Gasteiger partial charge in [0.1, 0.15) is 5.75 Å². The van der Waals surface area contributed by atoms with Gasteiger partial charge in [0.15, 0.2) is 0 Å². The Morgan fingerprint density at radius 1 is 0.839 bits per heavy atom. The molecule has 5 aromatic carbocycles. The van der Waals surface area contributed by atoms with E-state index < -0.39 is 57.7 Å². The molecule has 2 aliphatic rings. The summed E-state index contributed by atoms with van der Waals surface area (Å²) in [5.41, 5.74) is 5.88. The highest BCUT2D eigenvalue weighted by atomic mass is 28.4. The second-order valence-electron chi connectivity index (χ2n) is 17.7. The van der Waals surface area contributed by atoms with Crippen molar-refractivity contribution in [1.29, 1.82) is 0 Å². The summed E-state index contributed by atoms with van der Waals surface area (Å²) in [6.07, 6.45) is 1.75. The molecule has 0 bridgehead atoms. The number of imide groups is 1. The molecule has 5 aromatic rings. The molecule has 1 saturated heterocycles. The predicted octanol–water partition coefficient (Wildman–Crippen LogP) is 6.06. The largest absolute Gasteiger partial charge is 0.507 e. The molecule has 1 fully saturated rings. The number of aliphatic hydroxyl groups excluding tert-OH is 2. The number of amides is 2. The quantitative estimate of drug-likeness (QED) is 0.0393. The summed E-state index contributed by atoms with van der Waals surface area (Å²) in [6, 6.07) is 40.2. The van der Waals surface area contributed by atoms with E-state index in [1.807, 2.05) is 92.7 Å². The van der Waals surface area contributed by atoms with Crippen LogP contribution in [0.2, 0.25) is 5.04 Å². The third kappa shape index (κ3) is 8.66. The van der Waals surface area contributed by atoms with Crippen molar-refractivity contribution in [3.05, 3.63) is 161 Å². The van der Waals surface area contributed by atoms with Crippen LogP contribution in [0.15, 0.2) is 139 Å². The molecule has 0 unspecified atom stereocenters. The number of aliphatic hydroxyl groups is 2. The van der Waals surface area contributed by atoms with Gasteiger partial charge in [0.25, 0.3) is 8.32 Å². The number of phenolic OH excluding ortho intramolecular Hbond substituents is 1. The van der Waals surface area contributed by atoms with E-state index in [2.05, 4.69) is 51.1 Å². The van der Waals surface area contributed by atoms with Crippen LogP contribution in [0.25, 0.3) is 11.6 Å². The second kappa shape index (κ2) is 18.5. The third-order valence-electron chi connectivity index (χ3n) is 12.7. The monoisotopic (exact) mass is 849 g/mol.